The van der Waals surface area contributed by atoms with Gasteiger partial charge in [-0.3, -0.25) is 4.90 Å². The molecule has 0 aromatic heterocycles. The molecule has 1 aliphatic rings. The van der Waals surface area contributed by atoms with Crippen molar-refractivity contribution in [1.29, 1.82) is 0 Å². The van der Waals surface area contributed by atoms with Crippen molar-refractivity contribution in [3.05, 3.63) is 0 Å². The molecule has 0 saturated carbocycles. The lowest BCUT2D eigenvalue weighted by molar-refractivity contribution is 0.0284. The molecule has 96 valence electrons. The van der Waals surface area contributed by atoms with Crippen LogP contribution in [-0.4, -0.2) is 60.8 Å². The van der Waals surface area contributed by atoms with Crippen LogP contribution in [-0.2, 0) is 0 Å². The van der Waals surface area contributed by atoms with Crippen LogP contribution in [0, 0.1) is 5.41 Å². The van der Waals surface area contributed by atoms with Gasteiger partial charge in [-0.05, 0) is 40.4 Å². The Balaban J connectivity index is 2.52. The molecule has 0 aromatic carbocycles. The summed E-state index contributed by atoms with van der Waals surface area (Å²) in [7, 11) is 4.27. The summed E-state index contributed by atoms with van der Waals surface area (Å²) < 4.78 is 0. The standard InChI is InChI=1S/C13H28N2O/c1-11(16)13(2,3)10-15-8-6-7-12(15)9-14(4)5/h11-12,16H,6-10H2,1-5H3. The average molecular weight is 228 g/mol. The number of rotatable bonds is 5. The van der Waals surface area contributed by atoms with E-state index in [1.165, 1.54) is 19.4 Å². The largest absolute Gasteiger partial charge is 0.393 e. The smallest absolute Gasteiger partial charge is 0.0575 e. The molecule has 1 N–H and O–H groups in total. The highest BCUT2D eigenvalue weighted by atomic mass is 16.3. The van der Waals surface area contributed by atoms with Crippen LogP contribution >= 0.6 is 0 Å². The molecule has 1 heterocycles. The molecule has 2 atom stereocenters. The monoisotopic (exact) mass is 228 g/mol. The predicted octanol–water partition coefficient (Wildman–Crippen LogP) is 1.42. The first-order valence-corrected chi connectivity index (χ1v) is 6.40. The van der Waals surface area contributed by atoms with E-state index in [-0.39, 0.29) is 11.5 Å². The Morgan fingerprint density at radius 3 is 2.56 bits per heavy atom. The molecule has 3 nitrogen and oxygen atoms in total. The molecular weight excluding hydrogens is 200 g/mol. The van der Waals surface area contributed by atoms with E-state index >= 15 is 0 Å². The van der Waals surface area contributed by atoms with Gasteiger partial charge in [-0.2, -0.15) is 0 Å². The Morgan fingerprint density at radius 1 is 1.44 bits per heavy atom. The number of likely N-dealkylation sites (N-methyl/N-ethyl adjacent to an activating group) is 1. The molecule has 1 rings (SSSR count). The van der Waals surface area contributed by atoms with E-state index in [0.717, 1.165) is 13.1 Å². The van der Waals surface area contributed by atoms with Gasteiger partial charge >= 0.3 is 0 Å². The van der Waals surface area contributed by atoms with Crippen molar-refractivity contribution in [2.75, 3.05) is 33.7 Å². The van der Waals surface area contributed by atoms with Gasteiger partial charge in [-0.25, -0.2) is 0 Å². The maximum Gasteiger partial charge on any atom is 0.0575 e. The number of aliphatic hydroxyl groups is 1. The zero-order chi connectivity index (χ0) is 12.3. The van der Waals surface area contributed by atoms with Gasteiger partial charge in [0.2, 0.25) is 0 Å². The fraction of sp³-hybridized carbons (Fsp3) is 1.00. The molecule has 1 aliphatic heterocycles. The van der Waals surface area contributed by atoms with Crippen LogP contribution in [0.3, 0.4) is 0 Å². The zero-order valence-corrected chi connectivity index (χ0v) is 11.5. The van der Waals surface area contributed by atoms with Gasteiger partial charge in [0.15, 0.2) is 0 Å². The summed E-state index contributed by atoms with van der Waals surface area (Å²) in [6.07, 6.45) is 2.36. The third-order valence-corrected chi connectivity index (χ3v) is 3.82. The number of hydrogen-bond donors (Lipinski definition) is 1. The SMILES string of the molecule is CC(O)C(C)(C)CN1CCCC1CN(C)C. The fourth-order valence-corrected chi connectivity index (χ4v) is 2.39. The minimum absolute atomic E-state index is 0.00506. The Morgan fingerprint density at radius 2 is 2.06 bits per heavy atom. The van der Waals surface area contributed by atoms with E-state index in [4.69, 9.17) is 0 Å². The molecule has 0 spiro atoms. The van der Waals surface area contributed by atoms with Gasteiger partial charge in [-0.15, -0.1) is 0 Å². The first-order valence-electron chi connectivity index (χ1n) is 6.40. The van der Waals surface area contributed by atoms with Crippen molar-refractivity contribution in [2.24, 2.45) is 5.41 Å². The van der Waals surface area contributed by atoms with Crippen LogP contribution in [0.2, 0.25) is 0 Å². The summed E-state index contributed by atoms with van der Waals surface area (Å²) in [5, 5.41) is 9.77. The van der Waals surface area contributed by atoms with Crippen molar-refractivity contribution in [2.45, 2.75) is 45.8 Å². The number of aliphatic hydroxyl groups excluding tert-OH is 1. The quantitative estimate of drug-likeness (QED) is 0.771. The zero-order valence-electron chi connectivity index (χ0n) is 11.5. The first kappa shape index (κ1) is 13.9. The molecule has 0 amide bonds. The molecule has 0 bridgehead atoms. The van der Waals surface area contributed by atoms with Gasteiger partial charge in [0, 0.05) is 24.5 Å². The second-order valence-corrected chi connectivity index (χ2v) is 6.19. The lowest BCUT2D eigenvalue weighted by Gasteiger charge is -2.36. The van der Waals surface area contributed by atoms with E-state index < -0.39 is 0 Å². The summed E-state index contributed by atoms with van der Waals surface area (Å²) in [4.78, 5) is 4.81. The second kappa shape index (κ2) is 5.48. The average Bonchev–Trinajstić information content (AvgIpc) is 2.50. The number of hydrogen-bond acceptors (Lipinski definition) is 3. The molecule has 1 saturated heterocycles. The molecule has 0 radical (unpaired) electrons. The first-order chi connectivity index (χ1) is 7.33. The molecule has 0 aromatic rings. The van der Waals surface area contributed by atoms with Crippen LogP contribution in [0.5, 0.6) is 0 Å². The Labute approximate surface area is 100 Å². The maximum absolute atomic E-state index is 9.77. The topological polar surface area (TPSA) is 26.7 Å². The Kier molecular flexibility index (Phi) is 4.77. The number of nitrogens with zero attached hydrogens (tertiary/aromatic N) is 2. The maximum atomic E-state index is 9.77. The third kappa shape index (κ3) is 3.72. The van der Waals surface area contributed by atoms with E-state index in [9.17, 15) is 5.11 Å². The van der Waals surface area contributed by atoms with Crippen LogP contribution in [0.1, 0.15) is 33.6 Å². The van der Waals surface area contributed by atoms with Crippen LogP contribution < -0.4 is 0 Å². The van der Waals surface area contributed by atoms with Crippen LogP contribution in [0.4, 0.5) is 0 Å². The minimum Gasteiger partial charge on any atom is -0.393 e. The van der Waals surface area contributed by atoms with Crippen molar-refractivity contribution >= 4 is 0 Å². The highest BCUT2D eigenvalue weighted by Crippen LogP contribution is 2.27. The molecule has 0 aliphatic carbocycles. The summed E-state index contributed by atoms with van der Waals surface area (Å²) in [5.74, 6) is 0. The lowest BCUT2D eigenvalue weighted by Crippen LogP contribution is -2.45. The van der Waals surface area contributed by atoms with Crippen molar-refractivity contribution in [3.63, 3.8) is 0 Å². The summed E-state index contributed by atoms with van der Waals surface area (Å²) in [6, 6.07) is 0.674. The highest BCUT2D eigenvalue weighted by Gasteiger charge is 2.32. The summed E-state index contributed by atoms with van der Waals surface area (Å²) in [5.41, 5.74) is -0.00506. The molecule has 3 heteroatoms. The van der Waals surface area contributed by atoms with Crippen molar-refractivity contribution < 1.29 is 5.11 Å². The van der Waals surface area contributed by atoms with Crippen LogP contribution in [0.15, 0.2) is 0 Å². The predicted molar refractivity (Wildman–Crippen MR) is 68.6 cm³/mol. The Bertz CT molecular complexity index is 214. The molecule has 1 fully saturated rings. The van der Waals surface area contributed by atoms with Gasteiger partial charge in [0.25, 0.3) is 0 Å². The lowest BCUT2D eigenvalue weighted by atomic mass is 9.86. The van der Waals surface area contributed by atoms with Crippen molar-refractivity contribution in [3.8, 4) is 0 Å². The van der Waals surface area contributed by atoms with E-state index in [2.05, 4.69) is 37.7 Å². The van der Waals surface area contributed by atoms with Gasteiger partial charge in [-0.1, -0.05) is 13.8 Å². The normalized spacial score (nSPS) is 25.3. The van der Waals surface area contributed by atoms with E-state index in [0.29, 0.717) is 6.04 Å². The highest BCUT2D eigenvalue weighted by molar-refractivity contribution is 4.87. The van der Waals surface area contributed by atoms with Gasteiger partial charge < -0.3 is 10.0 Å². The van der Waals surface area contributed by atoms with Gasteiger partial charge in [0.1, 0.15) is 0 Å². The minimum atomic E-state index is -0.242. The molecule has 16 heavy (non-hydrogen) atoms. The number of likely N-dealkylation sites (tertiary alicyclic amines) is 1. The van der Waals surface area contributed by atoms with Crippen molar-refractivity contribution in [1.82, 2.24) is 9.80 Å². The van der Waals surface area contributed by atoms with E-state index in [1.807, 2.05) is 6.92 Å². The molecular formula is C13H28N2O. The van der Waals surface area contributed by atoms with Gasteiger partial charge in [0.05, 0.1) is 6.10 Å². The fourth-order valence-electron chi connectivity index (χ4n) is 2.39. The summed E-state index contributed by atoms with van der Waals surface area (Å²) in [6.45, 7) is 9.54. The summed E-state index contributed by atoms with van der Waals surface area (Å²) >= 11 is 0. The van der Waals surface area contributed by atoms with E-state index in [1.54, 1.807) is 0 Å². The third-order valence-electron chi connectivity index (χ3n) is 3.82. The van der Waals surface area contributed by atoms with Crippen LogP contribution in [0.25, 0.3) is 0 Å². The Hall–Kier alpha value is -0.120. The molecule has 2 unspecified atom stereocenters. The second-order valence-electron chi connectivity index (χ2n) is 6.19.